The van der Waals surface area contributed by atoms with Crippen molar-refractivity contribution in [3.05, 3.63) is 60.3 Å². The minimum absolute atomic E-state index is 0.265. The molecule has 2 heterocycles. The lowest BCUT2D eigenvalue weighted by Crippen LogP contribution is -2.20. The van der Waals surface area contributed by atoms with Crippen molar-refractivity contribution in [2.24, 2.45) is 0 Å². The highest BCUT2D eigenvalue weighted by Gasteiger charge is 2.23. The molecule has 1 aliphatic rings. The molecule has 1 saturated heterocycles. The van der Waals surface area contributed by atoms with E-state index in [4.69, 9.17) is 9.72 Å². The zero-order chi connectivity index (χ0) is 19.5. The summed E-state index contributed by atoms with van der Waals surface area (Å²) in [5.41, 5.74) is 6.26. The quantitative estimate of drug-likeness (QED) is 0.647. The van der Waals surface area contributed by atoms with E-state index in [9.17, 15) is 5.11 Å². The van der Waals surface area contributed by atoms with Gasteiger partial charge in [-0.25, -0.2) is 0 Å². The zero-order valence-electron chi connectivity index (χ0n) is 16.5. The van der Waals surface area contributed by atoms with Gasteiger partial charge in [-0.3, -0.25) is 4.98 Å². The summed E-state index contributed by atoms with van der Waals surface area (Å²) in [4.78, 5) is 7.35. The topological polar surface area (TPSA) is 45.6 Å². The molecule has 1 fully saturated rings. The van der Waals surface area contributed by atoms with Crippen molar-refractivity contribution in [3.8, 4) is 33.9 Å². The lowest BCUT2D eigenvalue weighted by Gasteiger charge is -2.25. The Labute approximate surface area is 166 Å². The van der Waals surface area contributed by atoms with Crippen LogP contribution in [0.5, 0.6) is 11.5 Å². The van der Waals surface area contributed by atoms with Gasteiger partial charge in [0, 0.05) is 29.9 Å². The molecule has 0 bridgehead atoms. The highest BCUT2D eigenvalue weighted by atomic mass is 16.5. The number of anilines is 1. The summed E-state index contributed by atoms with van der Waals surface area (Å²) in [6, 6.07) is 17.7. The Morgan fingerprint density at radius 1 is 0.964 bits per heavy atom. The van der Waals surface area contributed by atoms with Gasteiger partial charge in [0.1, 0.15) is 11.5 Å². The fraction of sp³-hybridized carbons (Fsp3) is 0.292. The van der Waals surface area contributed by atoms with Gasteiger partial charge in [-0.05, 0) is 56.5 Å². The van der Waals surface area contributed by atoms with Gasteiger partial charge in [0.25, 0.3) is 0 Å². The van der Waals surface area contributed by atoms with E-state index >= 15 is 0 Å². The molecule has 28 heavy (non-hydrogen) atoms. The Balaban J connectivity index is 1.92. The summed E-state index contributed by atoms with van der Waals surface area (Å²) >= 11 is 0. The Morgan fingerprint density at radius 2 is 1.71 bits per heavy atom. The van der Waals surface area contributed by atoms with Crippen molar-refractivity contribution < 1.29 is 9.84 Å². The lowest BCUT2D eigenvalue weighted by molar-refractivity contribution is 0.341. The number of phenols is 1. The van der Waals surface area contributed by atoms with Crippen molar-refractivity contribution in [1.29, 1.82) is 0 Å². The number of nitrogens with zero attached hydrogens (tertiary/aromatic N) is 2. The molecule has 3 aromatic rings. The number of aryl methyl sites for hydroxylation is 1. The lowest BCUT2D eigenvalue weighted by atomic mass is 9.97. The molecule has 0 amide bonds. The van der Waals surface area contributed by atoms with Crippen molar-refractivity contribution in [1.82, 2.24) is 4.98 Å². The third-order valence-corrected chi connectivity index (χ3v) is 5.19. The third-order valence-electron chi connectivity index (χ3n) is 5.19. The first kappa shape index (κ1) is 18.4. The van der Waals surface area contributed by atoms with Crippen LogP contribution in [-0.4, -0.2) is 29.8 Å². The van der Waals surface area contributed by atoms with Gasteiger partial charge >= 0.3 is 0 Å². The van der Waals surface area contributed by atoms with Gasteiger partial charge in [0.2, 0.25) is 0 Å². The molecule has 0 radical (unpaired) electrons. The summed E-state index contributed by atoms with van der Waals surface area (Å²) in [6.07, 6.45) is 2.40. The van der Waals surface area contributed by atoms with E-state index in [0.29, 0.717) is 6.61 Å². The maximum Gasteiger partial charge on any atom is 0.143 e. The summed E-state index contributed by atoms with van der Waals surface area (Å²) in [5.74, 6) is 1.18. The second kappa shape index (κ2) is 7.93. The van der Waals surface area contributed by atoms with Gasteiger partial charge in [-0.15, -0.1) is 0 Å². The Kier molecular flexibility index (Phi) is 5.20. The molecule has 0 aliphatic carbocycles. The first-order chi connectivity index (χ1) is 13.7. The molecule has 4 nitrogen and oxygen atoms in total. The van der Waals surface area contributed by atoms with E-state index in [-0.39, 0.29) is 5.75 Å². The fourth-order valence-electron chi connectivity index (χ4n) is 3.89. The first-order valence-corrected chi connectivity index (χ1v) is 9.95. The number of phenolic OH excluding ortho intramolecular Hbond substituents is 1. The van der Waals surface area contributed by atoms with Gasteiger partial charge < -0.3 is 14.7 Å². The maximum absolute atomic E-state index is 9.68. The molecule has 1 N–H and O–H groups in total. The summed E-state index contributed by atoms with van der Waals surface area (Å²) in [5, 5.41) is 9.68. The second-order valence-corrected chi connectivity index (χ2v) is 7.18. The minimum Gasteiger partial charge on any atom is -0.508 e. The van der Waals surface area contributed by atoms with Crippen LogP contribution >= 0.6 is 0 Å². The molecule has 1 aliphatic heterocycles. The number of pyridine rings is 1. The normalized spacial score (nSPS) is 13.7. The number of hydrogen-bond donors (Lipinski definition) is 1. The maximum atomic E-state index is 9.68. The SMILES string of the molecule is CCOc1cccc(-c2nc(C)ccc2-c2ccc(O)cc2)c1N1CCCC1. The highest BCUT2D eigenvalue weighted by Crippen LogP contribution is 2.43. The first-order valence-electron chi connectivity index (χ1n) is 9.95. The van der Waals surface area contributed by atoms with Crippen LogP contribution in [0.25, 0.3) is 22.4 Å². The molecule has 0 saturated carbocycles. The molecular weight excluding hydrogens is 348 g/mol. The molecule has 2 aromatic carbocycles. The Morgan fingerprint density at radius 3 is 2.43 bits per heavy atom. The average Bonchev–Trinajstić information content (AvgIpc) is 3.23. The van der Waals surface area contributed by atoms with Gasteiger partial charge in [-0.2, -0.15) is 0 Å². The van der Waals surface area contributed by atoms with Gasteiger partial charge in [0.15, 0.2) is 0 Å². The van der Waals surface area contributed by atoms with E-state index in [0.717, 1.165) is 52.6 Å². The monoisotopic (exact) mass is 374 g/mol. The average molecular weight is 374 g/mol. The smallest absolute Gasteiger partial charge is 0.143 e. The van der Waals surface area contributed by atoms with Crippen molar-refractivity contribution >= 4 is 5.69 Å². The van der Waals surface area contributed by atoms with Crippen LogP contribution < -0.4 is 9.64 Å². The van der Waals surface area contributed by atoms with E-state index in [1.165, 1.54) is 12.8 Å². The number of rotatable bonds is 5. The molecule has 0 spiro atoms. The van der Waals surface area contributed by atoms with Crippen molar-refractivity contribution in [2.75, 3.05) is 24.6 Å². The second-order valence-electron chi connectivity index (χ2n) is 7.18. The number of benzene rings is 2. The van der Waals surface area contributed by atoms with E-state index < -0.39 is 0 Å². The van der Waals surface area contributed by atoms with Crippen LogP contribution in [0, 0.1) is 6.92 Å². The third kappa shape index (κ3) is 3.55. The largest absolute Gasteiger partial charge is 0.508 e. The van der Waals surface area contributed by atoms with E-state index in [1.54, 1.807) is 12.1 Å². The zero-order valence-corrected chi connectivity index (χ0v) is 16.5. The predicted octanol–water partition coefficient (Wildman–Crippen LogP) is 5.43. The van der Waals surface area contributed by atoms with E-state index in [2.05, 4.69) is 23.1 Å². The number of aromatic nitrogens is 1. The molecule has 4 heteroatoms. The van der Waals surface area contributed by atoms with Crippen LogP contribution in [0.15, 0.2) is 54.6 Å². The van der Waals surface area contributed by atoms with Crippen molar-refractivity contribution in [3.63, 3.8) is 0 Å². The van der Waals surface area contributed by atoms with Crippen LogP contribution in [-0.2, 0) is 0 Å². The van der Waals surface area contributed by atoms with Crippen molar-refractivity contribution in [2.45, 2.75) is 26.7 Å². The number of aromatic hydroxyl groups is 1. The highest BCUT2D eigenvalue weighted by molar-refractivity contribution is 5.90. The summed E-state index contributed by atoms with van der Waals surface area (Å²) in [6.45, 7) is 6.75. The number of para-hydroxylation sites is 1. The molecule has 144 valence electrons. The van der Waals surface area contributed by atoms with Gasteiger partial charge in [0.05, 0.1) is 18.0 Å². The molecule has 0 atom stereocenters. The molecule has 0 unspecified atom stereocenters. The molecule has 1 aromatic heterocycles. The van der Waals surface area contributed by atoms with Crippen LogP contribution in [0.4, 0.5) is 5.69 Å². The van der Waals surface area contributed by atoms with Crippen LogP contribution in [0.1, 0.15) is 25.5 Å². The number of ether oxygens (including phenoxy) is 1. The standard InChI is InChI=1S/C24H26N2O2/c1-3-28-22-8-6-7-21(24(22)26-15-4-5-16-26)23-20(14-9-17(2)25-23)18-10-12-19(27)13-11-18/h6-14,27H,3-5,15-16H2,1-2H3. The predicted molar refractivity (Wildman–Crippen MR) is 114 cm³/mol. The van der Waals surface area contributed by atoms with Gasteiger partial charge in [-0.1, -0.05) is 30.3 Å². The van der Waals surface area contributed by atoms with Crippen LogP contribution in [0.2, 0.25) is 0 Å². The fourth-order valence-corrected chi connectivity index (χ4v) is 3.89. The summed E-state index contributed by atoms with van der Waals surface area (Å²) < 4.78 is 6.00. The number of hydrogen-bond acceptors (Lipinski definition) is 4. The molecular formula is C24H26N2O2. The van der Waals surface area contributed by atoms with Crippen LogP contribution in [0.3, 0.4) is 0 Å². The molecule has 4 rings (SSSR count). The minimum atomic E-state index is 0.265. The Bertz CT molecular complexity index is 961. The summed E-state index contributed by atoms with van der Waals surface area (Å²) in [7, 11) is 0. The van der Waals surface area contributed by atoms with E-state index in [1.807, 2.05) is 38.1 Å². The Hall–Kier alpha value is -3.01.